The van der Waals surface area contributed by atoms with Gasteiger partial charge in [0.05, 0.1) is 23.3 Å². The number of rotatable bonds is 2. The first-order chi connectivity index (χ1) is 9.60. The zero-order chi connectivity index (χ0) is 14.3. The van der Waals surface area contributed by atoms with Gasteiger partial charge >= 0.3 is 0 Å². The van der Waals surface area contributed by atoms with Crippen LogP contribution in [0.4, 0.5) is 5.82 Å². The van der Waals surface area contributed by atoms with Crippen LogP contribution in [0.2, 0.25) is 5.02 Å². The quantitative estimate of drug-likeness (QED) is 0.787. The Labute approximate surface area is 120 Å². The second-order valence-corrected chi connectivity index (χ2v) is 4.80. The van der Waals surface area contributed by atoms with Crippen molar-refractivity contribution in [3.8, 4) is 17.1 Å². The number of pyridine rings is 1. The van der Waals surface area contributed by atoms with Crippen LogP contribution in [0.3, 0.4) is 0 Å². The van der Waals surface area contributed by atoms with E-state index in [1.807, 2.05) is 18.2 Å². The number of nitrogens with zero attached hydrogens (tertiary/aromatic N) is 3. The molecule has 2 aromatic heterocycles. The molecule has 0 amide bonds. The highest BCUT2D eigenvalue weighted by atomic mass is 35.5. The van der Waals surface area contributed by atoms with Crippen molar-refractivity contribution >= 4 is 28.3 Å². The van der Waals surface area contributed by atoms with E-state index in [1.54, 1.807) is 31.0 Å². The van der Waals surface area contributed by atoms with E-state index in [9.17, 15) is 0 Å². The number of hydrogen-bond acceptors (Lipinski definition) is 4. The molecule has 20 heavy (non-hydrogen) atoms. The highest BCUT2D eigenvalue weighted by Gasteiger charge is 2.12. The summed E-state index contributed by atoms with van der Waals surface area (Å²) < 4.78 is 6.72. The number of nitrogens with two attached hydrogens (primary N) is 1. The number of aryl methyl sites for hydroxylation is 1. The third kappa shape index (κ3) is 1.96. The number of aromatic nitrogens is 3. The average molecular weight is 289 g/mol. The van der Waals surface area contributed by atoms with Crippen molar-refractivity contribution in [3.05, 3.63) is 35.4 Å². The predicted molar refractivity (Wildman–Crippen MR) is 79.9 cm³/mol. The fourth-order valence-corrected chi connectivity index (χ4v) is 2.39. The summed E-state index contributed by atoms with van der Waals surface area (Å²) >= 11 is 6.46. The Morgan fingerprint density at radius 3 is 2.70 bits per heavy atom. The number of nitrogen functional groups attached to an aromatic ring is 1. The lowest BCUT2D eigenvalue weighted by molar-refractivity contribution is 0.399. The first kappa shape index (κ1) is 12.7. The van der Waals surface area contributed by atoms with E-state index < -0.39 is 0 Å². The number of anilines is 1. The molecule has 0 fully saturated rings. The Kier molecular flexibility index (Phi) is 2.99. The molecule has 0 spiro atoms. The van der Waals surface area contributed by atoms with Gasteiger partial charge in [-0.2, -0.15) is 5.10 Å². The van der Waals surface area contributed by atoms with Crippen molar-refractivity contribution in [3.63, 3.8) is 0 Å². The van der Waals surface area contributed by atoms with Gasteiger partial charge in [0, 0.05) is 30.1 Å². The van der Waals surface area contributed by atoms with Gasteiger partial charge < -0.3 is 10.5 Å². The largest absolute Gasteiger partial charge is 0.481 e. The highest BCUT2D eigenvalue weighted by molar-refractivity contribution is 6.38. The molecule has 2 heterocycles. The van der Waals surface area contributed by atoms with Gasteiger partial charge in [-0.25, -0.2) is 4.98 Å². The van der Waals surface area contributed by atoms with Gasteiger partial charge in [0.15, 0.2) is 0 Å². The van der Waals surface area contributed by atoms with E-state index >= 15 is 0 Å². The summed E-state index contributed by atoms with van der Waals surface area (Å²) in [6.45, 7) is 0. The van der Waals surface area contributed by atoms with Crippen LogP contribution in [-0.4, -0.2) is 21.9 Å². The highest BCUT2D eigenvalue weighted by Crippen LogP contribution is 2.34. The minimum atomic E-state index is 0.559. The zero-order valence-electron chi connectivity index (χ0n) is 11.1. The van der Waals surface area contributed by atoms with Crippen molar-refractivity contribution in [2.24, 2.45) is 7.05 Å². The van der Waals surface area contributed by atoms with Crippen LogP contribution >= 0.6 is 11.6 Å². The molecule has 0 radical (unpaired) electrons. The lowest BCUT2D eigenvalue weighted by atomic mass is 10.1. The maximum absolute atomic E-state index is 6.46. The van der Waals surface area contributed by atoms with Gasteiger partial charge in [0.1, 0.15) is 5.82 Å². The van der Waals surface area contributed by atoms with E-state index in [-0.39, 0.29) is 0 Å². The number of methoxy groups -OCH3 is 1. The molecule has 0 aliphatic rings. The monoisotopic (exact) mass is 288 g/mol. The number of halogens is 1. The zero-order valence-corrected chi connectivity index (χ0v) is 11.8. The summed E-state index contributed by atoms with van der Waals surface area (Å²) in [6.07, 6.45) is 0. The summed E-state index contributed by atoms with van der Waals surface area (Å²) in [6, 6.07) is 9.25. The predicted octanol–water partition coefficient (Wildman–Crippen LogP) is 2.88. The van der Waals surface area contributed by atoms with Crippen LogP contribution in [0.1, 0.15) is 0 Å². The molecular formula is C14H13ClN4O. The second-order valence-electron chi connectivity index (χ2n) is 4.43. The minimum absolute atomic E-state index is 0.559. The minimum Gasteiger partial charge on any atom is -0.481 e. The van der Waals surface area contributed by atoms with Crippen LogP contribution in [0.25, 0.3) is 22.2 Å². The van der Waals surface area contributed by atoms with Crippen molar-refractivity contribution in [1.82, 2.24) is 14.8 Å². The van der Waals surface area contributed by atoms with Gasteiger partial charge in [-0.1, -0.05) is 11.6 Å². The molecule has 0 saturated carbocycles. The lowest BCUT2D eigenvalue weighted by Gasteiger charge is -2.06. The maximum Gasteiger partial charge on any atom is 0.213 e. The smallest absolute Gasteiger partial charge is 0.213 e. The van der Waals surface area contributed by atoms with Crippen molar-refractivity contribution in [2.45, 2.75) is 0 Å². The van der Waals surface area contributed by atoms with Gasteiger partial charge in [-0.15, -0.1) is 0 Å². The van der Waals surface area contributed by atoms with Crippen molar-refractivity contribution in [2.75, 3.05) is 12.8 Å². The van der Waals surface area contributed by atoms with E-state index in [4.69, 9.17) is 22.1 Å². The van der Waals surface area contributed by atoms with Crippen LogP contribution in [-0.2, 0) is 7.05 Å². The lowest BCUT2D eigenvalue weighted by Crippen LogP contribution is -1.96. The Bertz CT molecular complexity index is 778. The second kappa shape index (κ2) is 4.68. The number of ether oxygens (including phenoxy) is 1. The standard InChI is InChI=1S/C14H13ClN4O/c1-19-12(16)7-11(18-19)9-3-5-10-8(14(9)15)4-6-13(17-10)20-2/h3-7H,16H2,1-2H3. The van der Waals surface area contributed by atoms with Crippen LogP contribution in [0.15, 0.2) is 30.3 Å². The Morgan fingerprint density at radius 1 is 1.25 bits per heavy atom. The molecule has 0 unspecified atom stereocenters. The van der Waals surface area contributed by atoms with Crippen molar-refractivity contribution < 1.29 is 4.74 Å². The molecule has 3 rings (SSSR count). The fourth-order valence-electron chi connectivity index (χ4n) is 2.07. The molecule has 0 aliphatic heterocycles. The topological polar surface area (TPSA) is 66.0 Å². The van der Waals surface area contributed by atoms with E-state index in [2.05, 4.69) is 10.1 Å². The normalized spacial score (nSPS) is 10.9. The molecule has 0 aliphatic carbocycles. The maximum atomic E-state index is 6.46. The van der Waals surface area contributed by atoms with Gasteiger partial charge in [-0.3, -0.25) is 4.68 Å². The van der Waals surface area contributed by atoms with E-state index in [0.29, 0.717) is 16.7 Å². The molecule has 0 bridgehead atoms. The molecule has 1 aromatic carbocycles. The van der Waals surface area contributed by atoms with Crippen LogP contribution < -0.4 is 10.5 Å². The average Bonchev–Trinajstić information content (AvgIpc) is 2.78. The fraction of sp³-hybridized carbons (Fsp3) is 0.143. The van der Waals surface area contributed by atoms with Gasteiger partial charge in [0.2, 0.25) is 5.88 Å². The number of fused-ring (bicyclic) bond motifs is 1. The van der Waals surface area contributed by atoms with Crippen LogP contribution in [0.5, 0.6) is 5.88 Å². The van der Waals surface area contributed by atoms with Gasteiger partial charge in [0.25, 0.3) is 0 Å². The number of benzene rings is 1. The first-order valence-electron chi connectivity index (χ1n) is 6.03. The Morgan fingerprint density at radius 2 is 2.05 bits per heavy atom. The third-order valence-electron chi connectivity index (χ3n) is 3.18. The van der Waals surface area contributed by atoms with E-state index in [1.165, 1.54) is 0 Å². The molecular weight excluding hydrogens is 276 g/mol. The SMILES string of the molecule is COc1ccc2c(Cl)c(-c3cc(N)n(C)n3)ccc2n1. The third-order valence-corrected chi connectivity index (χ3v) is 3.59. The molecule has 2 N–H and O–H groups in total. The van der Waals surface area contributed by atoms with Gasteiger partial charge in [-0.05, 0) is 18.2 Å². The first-order valence-corrected chi connectivity index (χ1v) is 6.41. The molecule has 0 atom stereocenters. The summed E-state index contributed by atoms with van der Waals surface area (Å²) in [4.78, 5) is 4.36. The molecule has 3 aromatic rings. The number of hydrogen-bond donors (Lipinski definition) is 1. The summed E-state index contributed by atoms with van der Waals surface area (Å²) in [5, 5.41) is 5.81. The van der Waals surface area contributed by atoms with E-state index in [0.717, 1.165) is 22.2 Å². The Balaban J connectivity index is 2.20. The Hall–Kier alpha value is -2.27. The summed E-state index contributed by atoms with van der Waals surface area (Å²) in [7, 11) is 3.38. The summed E-state index contributed by atoms with van der Waals surface area (Å²) in [5.41, 5.74) is 8.16. The molecule has 5 nitrogen and oxygen atoms in total. The summed E-state index contributed by atoms with van der Waals surface area (Å²) in [5.74, 6) is 1.15. The molecule has 6 heteroatoms. The van der Waals surface area contributed by atoms with Crippen molar-refractivity contribution in [1.29, 1.82) is 0 Å². The molecule has 102 valence electrons. The molecule has 0 saturated heterocycles. The van der Waals surface area contributed by atoms with Crippen LogP contribution in [0, 0.1) is 0 Å².